The smallest absolute Gasteiger partial charge is 0.245 e. The fourth-order valence-electron chi connectivity index (χ4n) is 2.70. The second-order valence-corrected chi connectivity index (χ2v) is 6.88. The van der Waals surface area contributed by atoms with Crippen molar-refractivity contribution < 1.29 is 28.5 Å². The molecule has 0 atom stereocenters. The SMILES string of the molecule is C=CC(=O)N(C)CCOCCOCCOCCOCCC(=O)N1CCC(N)CC1. The van der Waals surface area contributed by atoms with E-state index in [1.165, 1.54) is 6.08 Å². The number of carbonyl (C=O) groups is 2. The lowest BCUT2D eigenvalue weighted by molar-refractivity contribution is -0.133. The highest BCUT2D eigenvalue weighted by Crippen LogP contribution is 2.09. The summed E-state index contributed by atoms with van der Waals surface area (Å²) in [6, 6.07) is 0.227. The third-order valence-electron chi connectivity index (χ3n) is 4.59. The molecule has 0 radical (unpaired) electrons. The number of likely N-dealkylation sites (N-methyl/N-ethyl adjacent to an activating group) is 1. The van der Waals surface area contributed by atoms with Gasteiger partial charge in [0.1, 0.15) is 0 Å². The molecule has 1 heterocycles. The number of carbonyl (C=O) groups excluding carboxylic acids is 2. The predicted octanol–water partition coefficient (Wildman–Crippen LogP) is 0.0370. The Labute approximate surface area is 174 Å². The molecule has 1 aliphatic heterocycles. The van der Waals surface area contributed by atoms with E-state index in [-0.39, 0.29) is 17.9 Å². The Morgan fingerprint density at radius 2 is 1.45 bits per heavy atom. The number of ether oxygens (including phenoxy) is 4. The quantitative estimate of drug-likeness (QED) is 0.280. The number of amides is 2. The summed E-state index contributed by atoms with van der Waals surface area (Å²) in [5, 5.41) is 0. The molecule has 0 aromatic carbocycles. The average molecular weight is 416 g/mol. The highest BCUT2D eigenvalue weighted by Gasteiger charge is 2.19. The largest absolute Gasteiger partial charge is 0.379 e. The second kappa shape index (κ2) is 16.3. The minimum absolute atomic E-state index is 0.121. The molecule has 2 N–H and O–H groups in total. The van der Waals surface area contributed by atoms with Gasteiger partial charge in [-0.25, -0.2) is 0 Å². The van der Waals surface area contributed by atoms with Gasteiger partial charge < -0.3 is 34.5 Å². The van der Waals surface area contributed by atoms with Gasteiger partial charge in [0.05, 0.1) is 59.3 Å². The van der Waals surface area contributed by atoms with Gasteiger partial charge in [-0.15, -0.1) is 0 Å². The first-order valence-corrected chi connectivity index (χ1v) is 10.3. The first kappa shape index (κ1) is 25.5. The zero-order valence-corrected chi connectivity index (χ0v) is 17.7. The van der Waals surface area contributed by atoms with Crippen molar-refractivity contribution in [3.63, 3.8) is 0 Å². The summed E-state index contributed by atoms with van der Waals surface area (Å²) in [4.78, 5) is 26.7. The van der Waals surface area contributed by atoms with Crippen LogP contribution in [-0.2, 0) is 28.5 Å². The van der Waals surface area contributed by atoms with Crippen LogP contribution in [0.4, 0.5) is 0 Å². The van der Waals surface area contributed by atoms with Crippen LogP contribution in [0.5, 0.6) is 0 Å². The molecule has 0 aliphatic carbocycles. The topological polar surface area (TPSA) is 104 Å². The summed E-state index contributed by atoms with van der Waals surface area (Å²) in [6.45, 7) is 9.15. The van der Waals surface area contributed by atoms with Gasteiger partial charge in [-0.3, -0.25) is 9.59 Å². The number of hydrogen-bond donors (Lipinski definition) is 1. The van der Waals surface area contributed by atoms with Crippen LogP contribution < -0.4 is 5.73 Å². The van der Waals surface area contributed by atoms with Crippen LogP contribution in [0, 0.1) is 0 Å². The Kier molecular flexibility index (Phi) is 14.3. The molecular weight excluding hydrogens is 378 g/mol. The maximum Gasteiger partial charge on any atom is 0.245 e. The zero-order valence-electron chi connectivity index (χ0n) is 17.7. The van der Waals surface area contributed by atoms with Gasteiger partial charge in [-0.2, -0.15) is 0 Å². The van der Waals surface area contributed by atoms with Crippen molar-refractivity contribution in [1.29, 1.82) is 0 Å². The summed E-state index contributed by atoms with van der Waals surface area (Å²) in [5.41, 5.74) is 5.84. The van der Waals surface area contributed by atoms with Crippen molar-refractivity contribution in [2.75, 3.05) is 79.5 Å². The number of nitrogens with two attached hydrogens (primary N) is 1. The molecular formula is C20H37N3O6. The molecule has 9 heteroatoms. The van der Waals surface area contributed by atoms with E-state index in [2.05, 4.69) is 6.58 Å². The van der Waals surface area contributed by atoms with E-state index >= 15 is 0 Å². The lowest BCUT2D eigenvalue weighted by atomic mass is 10.1. The van der Waals surface area contributed by atoms with Gasteiger partial charge in [-0.1, -0.05) is 6.58 Å². The zero-order chi connectivity index (χ0) is 21.3. The van der Waals surface area contributed by atoms with Crippen molar-refractivity contribution in [1.82, 2.24) is 9.80 Å². The van der Waals surface area contributed by atoms with E-state index in [0.29, 0.717) is 65.8 Å². The van der Waals surface area contributed by atoms with E-state index < -0.39 is 0 Å². The number of nitrogens with zero attached hydrogens (tertiary/aromatic N) is 2. The Bertz CT molecular complexity index is 469. The maximum absolute atomic E-state index is 12.0. The van der Waals surface area contributed by atoms with Crippen LogP contribution in [0.1, 0.15) is 19.3 Å². The van der Waals surface area contributed by atoms with Crippen molar-refractivity contribution >= 4 is 11.8 Å². The van der Waals surface area contributed by atoms with Crippen molar-refractivity contribution in [3.05, 3.63) is 12.7 Å². The van der Waals surface area contributed by atoms with E-state index in [1.54, 1.807) is 11.9 Å². The summed E-state index contributed by atoms with van der Waals surface area (Å²) in [5.74, 6) is 0.0113. The Morgan fingerprint density at radius 3 is 1.97 bits per heavy atom. The monoisotopic (exact) mass is 415 g/mol. The van der Waals surface area contributed by atoms with Gasteiger partial charge in [0, 0.05) is 32.7 Å². The average Bonchev–Trinajstić information content (AvgIpc) is 2.73. The minimum Gasteiger partial charge on any atom is -0.379 e. The normalized spacial score (nSPS) is 14.8. The summed E-state index contributed by atoms with van der Waals surface area (Å²) in [7, 11) is 1.70. The van der Waals surface area contributed by atoms with Gasteiger partial charge >= 0.3 is 0 Å². The van der Waals surface area contributed by atoms with E-state index in [4.69, 9.17) is 24.7 Å². The van der Waals surface area contributed by atoms with Crippen LogP contribution in [0.15, 0.2) is 12.7 Å². The Balaban J connectivity index is 1.79. The molecule has 0 saturated carbocycles. The van der Waals surface area contributed by atoms with Crippen molar-refractivity contribution in [3.8, 4) is 0 Å². The molecule has 168 valence electrons. The molecule has 1 rings (SSSR count). The fourth-order valence-corrected chi connectivity index (χ4v) is 2.70. The second-order valence-electron chi connectivity index (χ2n) is 6.88. The van der Waals surface area contributed by atoms with Crippen LogP contribution in [0.3, 0.4) is 0 Å². The highest BCUT2D eigenvalue weighted by molar-refractivity contribution is 5.86. The van der Waals surface area contributed by atoms with Crippen molar-refractivity contribution in [2.45, 2.75) is 25.3 Å². The van der Waals surface area contributed by atoms with E-state index in [9.17, 15) is 9.59 Å². The molecule has 1 saturated heterocycles. The lowest BCUT2D eigenvalue weighted by Crippen LogP contribution is -2.43. The van der Waals surface area contributed by atoms with Crippen LogP contribution in [0.25, 0.3) is 0 Å². The first-order valence-electron chi connectivity index (χ1n) is 10.3. The standard InChI is InChI=1S/C20H37N3O6/c1-3-19(24)22(2)9-11-27-13-15-29-17-16-28-14-12-26-10-6-20(25)23-7-4-18(21)5-8-23/h3,18H,1,4-17,21H2,2H3. The highest BCUT2D eigenvalue weighted by atomic mass is 16.6. The third kappa shape index (κ3) is 12.6. The molecule has 0 spiro atoms. The molecule has 1 fully saturated rings. The Morgan fingerprint density at radius 1 is 0.966 bits per heavy atom. The lowest BCUT2D eigenvalue weighted by Gasteiger charge is -2.30. The fraction of sp³-hybridized carbons (Fsp3) is 0.800. The van der Waals surface area contributed by atoms with Crippen LogP contribution in [0.2, 0.25) is 0 Å². The van der Waals surface area contributed by atoms with Gasteiger partial charge in [0.2, 0.25) is 11.8 Å². The van der Waals surface area contributed by atoms with Gasteiger partial charge in [0.15, 0.2) is 0 Å². The van der Waals surface area contributed by atoms with Gasteiger partial charge in [-0.05, 0) is 18.9 Å². The third-order valence-corrected chi connectivity index (χ3v) is 4.59. The molecule has 0 bridgehead atoms. The predicted molar refractivity (Wildman–Crippen MR) is 110 cm³/mol. The Hall–Kier alpha value is -1.52. The van der Waals surface area contributed by atoms with E-state index in [0.717, 1.165) is 25.9 Å². The molecule has 1 aliphatic rings. The number of likely N-dealkylation sites (tertiary alicyclic amines) is 1. The number of hydrogen-bond acceptors (Lipinski definition) is 7. The van der Waals surface area contributed by atoms with E-state index in [1.807, 2.05) is 4.90 Å². The minimum atomic E-state index is -0.121. The molecule has 0 aromatic heterocycles. The molecule has 29 heavy (non-hydrogen) atoms. The summed E-state index contributed by atoms with van der Waals surface area (Å²) >= 11 is 0. The number of rotatable bonds is 16. The molecule has 9 nitrogen and oxygen atoms in total. The maximum atomic E-state index is 12.0. The van der Waals surface area contributed by atoms with Gasteiger partial charge in [0.25, 0.3) is 0 Å². The summed E-state index contributed by atoms with van der Waals surface area (Å²) in [6.07, 6.45) is 3.43. The molecule has 2 amide bonds. The van der Waals surface area contributed by atoms with Crippen LogP contribution >= 0.6 is 0 Å². The van der Waals surface area contributed by atoms with Crippen molar-refractivity contribution in [2.24, 2.45) is 5.73 Å². The summed E-state index contributed by atoms with van der Waals surface area (Å²) < 4.78 is 21.6. The van der Waals surface area contributed by atoms with Crippen LogP contribution in [-0.4, -0.2) is 107 Å². The first-order chi connectivity index (χ1) is 14.0. The molecule has 0 unspecified atom stereocenters. The number of piperidine rings is 1. The molecule has 0 aromatic rings.